The highest BCUT2D eigenvalue weighted by Crippen LogP contribution is 2.38. The molecule has 6 heteroatoms. The Bertz CT molecular complexity index is 406. The molecule has 0 fully saturated rings. The summed E-state index contributed by atoms with van der Waals surface area (Å²) in [5.41, 5.74) is 0.302. The average molecular weight is 225 g/mol. The molecule has 1 aromatic rings. The van der Waals surface area contributed by atoms with E-state index >= 15 is 0 Å². The first-order chi connectivity index (χ1) is 7.74. The zero-order valence-corrected chi connectivity index (χ0v) is 8.71. The third kappa shape index (κ3) is 1.84. The lowest BCUT2D eigenvalue weighted by atomic mass is 10.1. The Morgan fingerprint density at radius 1 is 1.62 bits per heavy atom. The van der Waals surface area contributed by atoms with Crippen LogP contribution in [0.25, 0.3) is 0 Å². The van der Waals surface area contributed by atoms with Crippen molar-refractivity contribution < 1.29 is 19.1 Å². The molecule has 1 unspecified atom stereocenters. The summed E-state index contributed by atoms with van der Waals surface area (Å²) in [6, 6.07) is 4.64. The summed E-state index contributed by atoms with van der Waals surface area (Å²) < 4.78 is 15.7. The van der Waals surface area contributed by atoms with Crippen molar-refractivity contribution in [2.24, 2.45) is 0 Å². The van der Waals surface area contributed by atoms with Crippen molar-refractivity contribution in [2.45, 2.75) is 13.2 Å². The standard InChI is InChI=1S/C10H11NO5/c1-2-14-10-9-7(11(12)13)4-3-5-8(9)15-6-16-10/h3-5,10H,2,6H2,1H3. The van der Waals surface area contributed by atoms with E-state index in [0.29, 0.717) is 17.9 Å². The molecule has 0 bridgehead atoms. The van der Waals surface area contributed by atoms with Crippen molar-refractivity contribution in [3.63, 3.8) is 0 Å². The number of hydrogen-bond donors (Lipinski definition) is 0. The molecule has 2 rings (SSSR count). The number of fused-ring (bicyclic) bond motifs is 1. The van der Waals surface area contributed by atoms with Crippen molar-refractivity contribution in [2.75, 3.05) is 13.4 Å². The summed E-state index contributed by atoms with van der Waals surface area (Å²) in [4.78, 5) is 10.4. The van der Waals surface area contributed by atoms with Crippen LogP contribution >= 0.6 is 0 Å². The van der Waals surface area contributed by atoms with Gasteiger partial charge in [0, 0.05) is 12.7 Å². The molecule has 0 aromatic heterocycles. The Kier molecular flexibility index (Phi) is 3.02. The van der Waals surface area contributed by atoms with Crippen molar-refractivity contribution >= 4 is 5.69 Å². The minimum Gasteiger partial charge on any atom is -0.467 e. The fraction of sp³-hybridized carbons (Fsp3) is 0.400. The van der Waals surface area contributed by atoms with Gasteiger partial charge in [-0.15, -0.1) is 0 Å². The van der Waals surface area contributed by atoms with Gasteiger partial charge in [-0.2, -0.15) is 0 Å². The van der Waals surface area contributed by atoms with E-state index in [1.165, 1.54) is 6.07 Å². The number of rotatable bonds is 3. The van der Waals surface area contributed by atoms with E-state index in [0.717, 1.165) is 0 Å². The summed E-state index contributed by atoms with van der Waals surface area (Å²) in [6.07, 6.45) is -0.727. The molecule has 86 valence electrons. The van der Waals surface area contributed by atoms with Crippen LogP contribution in [0.2, 0.25) is 0 Å². The number of benzene rings is 1. The molecule has 1 heterocycles. The van der Waals surface area contributed by atoms with E-state index in [4.69, 9.17) is 14.2 Å². The summed E-state index contributed by atoms with van der Waals surface area (Å²) in [6.45, 7) is 2.25. The van der Waals surface area contributed by atoms with Crippen molar-refractivity contribution in [3.8, 4) is 5.75 Å². The molecule has 0 saturated heterocycles. The first kappa shape index (κ1) is 10.8. The fourth-order valence-corrected chi connectivity index (χ4v) is 1.58. The van der Waals surface area contributed by atoms with Gasteiger partial charge >= 0.3 is 0 Å². The summed E-state index contributed by atoms with van der Waals surface area (Å²) >= 11 is 0. The molecular weight excluding hydrogens is 214 g/mol. The van der Waals surface area contributed by atoms with Crippen LogP contribution in [-0.4, -0.2) is 18.3 Å². The third-order valence-corrected chi connectivity index (χ3v) is 2.23. The van der Waals surface area contributed by atoms with Crippen LogP contribution in [0, 0.1) is 10.1 Å². The molecular formula is C10H11NO5. The van der Waals surface area contributed by atoms with E-state index in [1.54, 1.807) is 19.1 Å². The molecule has 1 aromatic carbocycles. The highest BCUT2D eigenvalue weighted by atomic mass is 16.8. The third-order valence-electron chi connectivity index (χ3n) is 2.23. The highest BCUT2D eigenvalue weighted by Gasteiger charge is 2.30. The highest BCUT2D eigenvalue weighted by molar-refractivity contribution is 5.50. The van der Waals surface area contributed by atoms with Crippen LogP contribution in [0.5, 0.6) is 5.75 Å². The number of hydrogen-bond acceptors (Lipinski definition) is 5. The lowest BCUT2D eigenvalue weighted by Gasteiger charge is -2.25. The number of nitrogens with zero attached hydrogens (tertiary/aromatic N) is 1. The maximum absolute atomic E-state index is 10.9. The van der Waals surface area contributed by atoms with Crippen molar-refractivity contribution in [1.82, 2.24) is 0 Å². The Morgan fingerprint density at radius 2 is 2.44 bits per heavy atom. The van der Waals surface area contributed by atoms with Crippen LogP contribution in [-0.2, 0) is 9.47 Å². The zero-order valence-electron chi connectivity index (χ0n) is 8.71. The largest absolute Gasteiger partial charge is 0.467 e. The van der Waals surface area contributed by atoms with Gasteiger partial charge in [0.15, 0.2) is 13.1 Å². The molecule has 0 aliphatic carbocycles. The second-order valence-electron chi connectivity index (χ2n) is 3.16. The predicted octanol–water partition coefficient (Wildman–Crippen LogP) is 2.00. The van der Waals surface area contributed by atoms with Gasteiger partial charge in [-0.1, -0.05) is 6.07 Å². The van der Waals surface area contributed by atoms with Gasteiger partial charge in [0.1, 0.15) is 11.3 Å². The molecule has 0 spiro atoms. The first-order valence-electron chi connectivity index (χ1n) is 4.87. The SMILES string of the molecule is CCOC1OCOc2cccc([N+](=O)[O-])c21. The molecule has 16 heavy (non-hydrogen) atoms. The lowest BCUT2D eigenvalue weighted by Crippen LogP contribution is -2.20. The van der Waals surface area contributed by atoms with Crippen LogP contribution in [0.1, 0.15) is 18.8 Å². The molecule has 1 aliphatic heterocycles. The average Bonchev–Trinajstić information content (AvgIpc) is 2.29. The lowest BCUT2D eigenvalue weighted by molar-refractivity contribution is -0.388. The second-order valence-corrected chi connectivity index (χ2v) is 3.16. The zero-order chi connectivity index (χ0) is 11.5. The van der Waals surface area contributed by atoms with Gasteiger partial charge in [-0.05, 0) is 13.0 Å². The second kappa shape index (κ2) is 4.46. The Balaban J connectivity index is 2.46. The summed E-state index contributed by atoms with van der Waals surface area (Å²) in [5.74, 6) is 0.443. The van der Waals surface area contributed by atoms with Crippen LogP contribution in [0.4, 0.5) is 5.69 Å². The minimum absolute atomic E-state index is 0.0405. The monoisotopic (exact) mass is 225 g/mol. The van der Waals surface area contributed by atoms with E-state index in [1.807, 2.05) is 0 Å². The van der Waals surface area contributed by atoms with E-state index < -0.39 is 11.2 Å². The Hall–Kier alpha value is -1.66. The molecule has 0 amide bonds. The van der Waals surface area contributed by atoms with Crippen molar-refractivity contribution in [3.05, 3.63) is 33.9 Å². The number of nitro groups is 1. The van der Waals surface area contributed by atoms with Gasteiger partial charge in [0.25, 0.3) is 5.69 Å². The summed E-state index contributed by atoms with van der Waals surface area (Å²) in [7, 11) is 0. The normalized spacial score (nSPS) is 18.7. The molecule has 6 nitrogen and oxygen atoms in total. The first-order valence-corrected chi connectivity index (χ1v) is 4.87. The molecule has 0 radical (unpaired) electrons. The number of nitro benzene ring substituents is 1. The quantitative estimate of drug-likeness (QED) is 0.581. The van der Waals surface area contributed by atoms with Gasteiger partial charge in [-0.25, -0.2) is 0 Å². The van der Waals surface area contributed by atoms with Crippen molar-refractivity contribution in [1.29, 1.82) is 0 Å². The van der Waals surface area contributed by atoms with Crippen LogP contribution in [0.3, 0.4) is 0 Å². The van der Waals surface area contributed by atoms with E-state index in [9.17, 15) is 10.1 Å². The Morgan fingerprint density at radius 3 is 3.12 bits per heavy atom. The van der Waals surface area contributed by atoms with Crippen LogP contribution in [0.15, 0.2) is 18.2 Å². The van der Waals surface area contributed by atoms with Crippen LogP contribution < -0.4 is 4.74 Å². The molecule has 1 atom stereocenters. The smallest absolute Gasteiger partial charge is 0.281 e. The van der Waals surface area contributed by atoms with Gasteiger partial charge < -0.3 is 14.2 Å². The van der Waals surface area contributed by atoms with Gasteiger partial charge in [0.2, 0.25) is 0 Å². The molecule has 1 aliphatic rings. The predicted molar refractivity (Wildman–Crippen MR) is 54.0 cm³/mol. The Labute approximate surface area is 91.9 Å². The number of ether oxygens (including phenoxy) is 3. The maximum Gasteiger partial charge on any atom is 0.281 e. The minimum atomic E-state index is -0.727. The molecule has 0 N–H and O–H groups in total. The summed E-state index contributed by atoms with van der Waals surface area (Å²) in [5, 5.41) is 10.9. The van der Waals surface area contributed by atoms with E-state index in [-0.39, 0.29) is 12.5 Å². The topological polar surface area (TPSA) is 70.8 Å². The van der Waals surface area contributed by atoms with Gasteiger partial charge in [0.05, 0.1) is 4.92 Å². The van der Waals surface area contributed by atoms with Gasteiger partial charge in [-0.3, -0.25) is 10.1 Å². The fourth-order valence-electron chi connectivity index (χ4n) is 1.58. The van der Waals surface area contributed by atoms with E-state index in [2.05, 4.69) is 0 Å². The maximum atomic E-state index is 10.9. The molecule has 0 saturated carbocycles.